The van der Waals surface area contributed by atoms with Crippen LogP contribution in [0.15, 0.2) is 30.7 Å². The first-order chi connectivity index (χ1) is 14.0. The zero-order valence-electron chi connectivity index (χ0n) is 16.3. The summed E-state index contributed by atoms with van der Waals surface area (Å²) in [4.78, 5) is 32.4. The van der Waals surface area contributed by atoms with Gasteiger partial charge >= 0.3 is 0 Å². The van der Waals surface area contributed by atoms with E-state index in [4.69, 9.17) is 5.26 Å². The summed E-state index contributed by atoms with van der Waals surface area (Å²) in [5.41, 5.74) is 4.38. The van der Waals surface area contributed by atoms with Gasteiger partial charge in [-0.1, -0.05) is 0 Å². The Balaban J connectivity index is 1.52. The van der Waals surface area contributed by atoms with E-state index < -0.39 is 0 Å². The lowest BCUT2D eigenvalue weighted by atomic mass is 10.1. The third kappa shape index (κ3) is 4.73. The van der Waals surface area contributed by atoms with Gasteiger partial charge in [-0.25, -0.2) is 9.50 Å². The first kappa shape index (κ1) is 19.9. The highest BCUT2D eigenvalue weighted by Gasteiger charge is 2.15. The van der Waals surface area contributed by atoms with E-state index >= 15 is 0 Å². The molecule has 29 heavy (non-hydrogen) atoms. The Labute approximate surface area is 167 Å². The third-order valence-electron chi connectivity index (χ3n) is 4.62. The highest BCUT2D eigenvalue weighted by Crippen LogP contribution is 2.18. The van der Waals surface area contributed by atoms with E-state index in [1.54, 1.807) is 16.9 Å². The van der Waals surface area contributed by atoms with Gasteiger partial charge < -0.3 is 10.6 Å². The average Bonchev–Trinajstić information content (AvgIpc) is 3.14. The summed E-state index contributed by atoms with van der Waals surface area (Å²) in [6, 6.07) is 5.70. The lowest BCUT2D eigenvalue weighted by molar-refractivity contribution is -0.126. The van der Waals surface area contributed by atoms with Gasteiger partial charge in [-0.05, 0) is 43.5 Å². The highest BCUT2D eigenvalue weighted by molar-refractivity contribution is 5.84. The number of nitriles is 1. The number of nitrogens with zero attached hydrogens (tertiary/aromatic N) is 5. The maximum absolute atomic E-state index is 12.1. The van der Waals surface area contributed by atoms with Gasteiger partial charge in [0.15, 0.2) is 5.65 Å². The van der Waals surface area contributed by atoms with Crippen LogP contribution in [0.5, 0.6) is 0 Å². The number of carbonyl (C=O) groups excluding carboxylic acids is 2. The predicted octanol–water partition coefficient (Wildman–Crippen LogP) is 0.978. The molecule has 0 radical (unpaired) electrons. The Hall–Kier alpha value is -3.80. The van der Waals surface area contributed by atoms with Crippen molar-refractivity contribution in [3.05, 3.63) is 58.8 Å². The van der Waals surface area contributed by atoms with Crippen LogP contribution in [-0.2, 0) is 22.6 Å². The van der Waals surface area contributed by atoms with Crippen molar-refractivity contribution in [2.45, 2.75) is 33.2 Å². The van der Waals surface area contributed by atoms with Gasteiger partial charge in [0, 0.05) is 36.7 Å². The smallest absolute Gasteiger partial charge is 0.239 e. The fourth-order valence-electron chi connectivity index (χ4n) is 3.02. The first-order valence-electron chi connectivity index (χ1n) is 9.15. The average molecular weight is 391 g/mol. The summed E-state index contributed by atoms with van der Waals surface area (Å²) in [6.07, 6.45) is 5.48. The number of hydrogen-bond donors (Lipinski definition) is 2. The summed E-state index contributed by atoms with van der Waals surface area (Å²) < 4.78 is 1.62. The molecule has 0 atom stereocenters. The maximum atomic E-state index is 12.1. The molecule has 0 saturated heterocycles. The second kappa shape index (κ2) is 8.93. The molecular weight excluding hydrogens is 370 g/mol. The van der Waals surface area contributed by atoms with Crippen molar-refractivity contribution in [3.63, 3.8) is 0 Å². The molecule has 2 N–H and O–H groups in total. The molecule has 9 nitrogen and oxygen atoms in total. The van der Waals surface area contributed by atoms with Crippen LogP contribution in [0.3, 0.4) is 0 Å². The number of aromatic nitrogens is 4. The van der Waals surface area contributed by atoms with Crippen molar-refractivity contribution in [1.29, 1.82) is 5.26 Å². The number of pyridine rings is 1. The number of aryl methyl sites for hydroxylation is 2. The highest BCUT2D eigenvalue weighted by atomic mass is 16.2. The molecule has 0 bridgehead atoms. The van der Waals surface area contributed by atoms with Crippen LogP contribution in [0, 0.1) is 25.2 Å². The number of rotatable bonds is 7. The molecule has 0 spiro atoms. The van der Waals surface area contributed by atoms with Crippen LogP contribution in [0.25, 0.3) is 5.65 Å². The van der Waals surface area contributed by atoms with Gasteiger partial charge in [-0.2, -0.15) is 10.4 Å². The van der Waals surface area contributed by atoms with Crippen LogP contribution >= 0.6 is 0 Å². The van der Waals surface area contributed by atoms with Crippen LogP contribution < -0.4 is 10.6 Å². The van der Waals surface area contributed by atoms with Gasteiger partial charge in [0.25, 0.3) is 0 Å². The van der Waals surface area contributed by atoms with E-state index in [9.17, 15) is 9.59 Å². The minimum atomic E-state index is -0.258. The maximum Gasteiger partial charge on any atom is 0.239 e. The summed E-state index contributed by atoms with van der Waals surface area (Å²) >= 11 is 0. The van der Waals surface area contributed by atoms with E-state index in [0.29, 0.717) is 24.2 Å². The summed E-state index contributed by atoms with van der Waals surface area (Å²) in [5.74, 6) is -0.479. The number of fused-ring (bicyclic) bond motifs is 1. The molecule has 0 aliphatic rings. The largest absolute Gasteiger partial charge is 0.350 e. The molecule has 3 aromatic rings. The Morgan fingerprint density at radius 1 is 1.17 bits per heavy atom. The molecule has 0 saturated carbocycles. The van der Waals surface area contributed by atoms with Crippen molar-refractivity contribution in [1.82, 2.24) is 30.2 Å². The Morgan fingerprint density at radius 3 is 2.66 bits per heavy atom. The van der Waals surface area contributed by atoms with E-state index in [2.05, 4.69) is 31.8 Å². The number of hydrogen-bond acceptors (Lipinski definition) is 6. The molecule has 3 aromatic heterocycles. The molecule has 2 amide bonds. The standard InChI is InChI=1S/C20H21N7O2/c1-13-17(14(2)27-20(26-13)16(9-21)11-25-27)3-4-18(28)24-12-19(29)23-10-15-5-7-22-8-6-15/h5-8,11H,3-4,10,12H2,1-2H3,(H,23,29)(H,24,28). The molecule has 3 heterocycles. The fourth-order valence-corrected chi connectivity index (χ4v) is 3.02. The molecule has 3 rings (SSSR count). The zero-order chi connectivity index (χ0) is 20.8. The predicted molar refractivity (Wildman–Crippen MR) is 105 cm³/mol. The second-order valence-electron chi connectivity index (χ2n) is 6.58. The van der Waals surface area contributed by atoms with Crippen molar-refractivity contribution in [2.75, 3.05) is 6.54 Å². The molecule has 0 aromatic carbocycles. The minimum Gasteiger partial charge on any atom is -0.350 e. The van der Waals surface area contributed by atoms with E-state index in [0.717, 1.165) is 22.5 Å². The second-order valence-corrected chi connectivity index (χ2v) is 6.58. The normalized spacial score (nSPS) is 10.5. The van der Waals surface area contributed by atoms with Gasteiger partial charge in [-0.15, -0.1) is 0 Å². The Bertz CT molecular complexity index is 1080. The Morgan fingerprint density at radius 2 is 1.93 bits per heavy atom. The van der Waals surface area contributed by atoms with Crippen LogP contribution in [0.2, 0.25) is 0 Å². The fraction of sp³-hybridized carbons (Fsp3) is 0.300. The van der Waals surface area contributed by atoms with E-state index in [1.165, 1.54) is 6.20 Å². The zero-order valence-corrected chi connectivity index (χ0v) is 16.3. The number of carbonyl (C=O) groups is 2. The lowest BCUT2D eigenvalue weighted by Crippen LogP contribution is -2.36. The number of amides is 2. The summed E-state index contributed by atoms with van der Waals surface area (Å²) in [7, 11) is 0. The SMILES string of the molecule is Cc1nc2c(C#N)cnn2c(C)c1CCC(=O)NCC(=O)NCc1ccncc1. The molecule has 148 valence electrons. The Kier molecular flexibility index (Phi) is 6.14. The quantitative estimate of drug-likeness (QED) is 0.618. The van der Waals surface area contributed by atoms with Crippen molar-refractivity contribution < 1.29 is 9.59 Å². The molecular formula is C20H21N7O2. The van der Waals surface area contributed by atoms with E-state index in [1.807, 2.05) is 26.0 Å². The summed E-state index contributed by atoms with van der Waals surface area (Å²) in [5, 5.41) is 18.7. The summed E-state index contributed by atoms with van der Waals surface area (Å²) in [6.45, 7) is 4.04. The van der Waals surface area contributed by atoms with E-state index in [-0.39, 0.29) is 24.8 Å². The van der Waals surface area contributed by atoms with Crippen molar-refractivity contribution in [3.8, 4) is 6.07 Å². The van der Waals surface area contributed by atoms with Gasteiger partial charge in [-0.3, -0.25) is 14.6 Å². The minimum absolute atomic E-state index is 0.0795. The van der Waals surface area contributed by atoms with Gasteiger partial charge in [0.05, 0.1) is 12.7 Å². The van der Waals surface area contributed by atoms with Crippen molar-refractivity contribution in [2.24, 2.45) is 0 Å². The molecule has 9 heteroatoms. The third-order valence-corrected chi connectivity index (χ3v) is 4.62. The van der Waals surface area contributed by atoms with Crippen LogP contribution in [-0.4, -0.2) is 37.9 Å². The molecule has 0 aliphatic carbocycles. The first-order valence-corrected chi connectivity index (χ1v) is 9.15. The van der Waals surface area contributed by atoms with Crippen molar-refractivity contribution >= 4 is 17.5 Å². The molecule has 0 aliphatic heterocycles. The topological polar surface area (TPSA) is 125 Å². The number of nitrogens with one attached hydrogen (secondary N) is 2. The van der Waals surface area contributed by atoms with Crippen LogP contribution in [0.4, 0.5) is 0 Å². The van der Waals surface area contributed by atoms with Crippen LogP contribution in [0.1, 0.15) is 34.5 Å². The molecule has 0 unspecified atom stereocenters. The van der Waals surface area contributed by atoms with Gasteiger partial charge in [0.1, 0.15) is 11.6 Å². The monoisotopic (exact) mass is 391 g/mol. The van der Waals surface area contributed by atoms with Gasteiger partial charge in [0.2, 0.25) is 11.8 Å². The lowest BCUT2D eigenvalue weighted by Gasteiger charge is -2.11. The molecule has 0 fully saturated rings.